The highest BCUT2D eigenvalue weighted by Gasteiger charge is 2.16. The SMILES string of the molecule is C=CCNC(=S)NNC(=O)C(C)Oc1cccc(C)c1C. The average molecular weight is 307 g/mol. The Morgan fingerprint density at radius 3 is 2.81 bits per heavy atom. The molecule has 1 atom stereocenters. The van der Waals surface area contributed by atoms with Crippen LogP contribution in [0.3, 0.4) is 0 Å². The van der Waals surface area contributed by atoms with Crippen molar-refractivity contribution in [1.29, 1.82) is 0 Å². The Hall–Kier alpha value is -2.08. The highest BCUT2D eigenvalue weighted by molar-refractivity contribution is 7.80. The van der Waals surface area contributed by atoms with E-state index in [2.05, 4.69) is 22.7 Å². The van der Waals surface area contributed by atoms with Crippen LogP contribution in [0.5, 0.6) is 5.75 Å². The molecule has 6 heteroatoms. The Labute approximate surface area is 130 Å². The zero-order valence-electron chi connectivity index (χ0n) is 12.5. The molecular weight excluding hydrogens is 286 g/mol. The maximum absolute atomic E-state index is 11.9. The number of carbonyl (C=O) groups is 1. The van der Waals surface area contributed by atoms with Gasteiger partial charge >= 0.3 is 0 Å². The van der Waals surface area contributed by atoms with Gasteiger partial charge in [0.15, 0.2) is 11.2 Å². The van der Waals surface area contributed by atoms with Crippen molar-refractivity contribution in [3.63, 3.8) is 0 Å². The highest BCUT2D eigenvalue weighted by Crippen LogP contribution is 2.21. The molecule has 0 heterocycles. The summed E-state index contributed by atoms with van der Waals surface area (Å²) in [7, 11) is 0. The van der Waals surface area contributed by atoms with E-state index in [4.69, 9.17) is 17.0 Å². The summed E-state index contributed by atoms with van der Waals surface area (Å²) in [5.74, 6) is 0.392. The molecule has 5 nitrogen and oxygen atoms in total. The van der Waals surface area contributed by atoms with E-state index in [-0.39, 0.29) is 5.91 Å². The number of hydrogen-bond donors (Lipinski definition) is 3. The normalized spacial score (nSPS) is 11.2. The number of nitrogens with one attached hydrogen (secondary N) is 3. The summed E-state index contributed by atoms with van der Waals surface area (Å²) in [4.78, 5) is 11.9. The lowest BCUT2D eigenvalue weighted by molar-refractivity contribution is -0.127. The first kappa shape index (κ1) is 17.0. The third-order valence-electron chi connectivity index (χ3n) is 2.93. The summed E-state index contributed by atoms with van der Waals surface area (Å²) in [5.41, 5.74) is 7.24. The number of amides is 1. The molecule has 1 rings (SSSR count). The molecule has 1 amide bonds. The maximum Gasteiger partial charge on any atom is 0.279 e. The van der Waals surface area contributed by atoms with Crippen molar-refractivity contribution in [2.24, 2.45) is 0 Å². The second-order valence-corrected chi connectivity index (χ2v) is 4.98. The molecule has 1 unspecified atom stereocenters. The summed E-state index contributed by atoms with van der Waals surface area (Å²) in [6.07, 6.45) is 1.03. The maximum atomic E-state index is 11.9. The fraction of sp³-hybridized carbons (Fsp3) is 0.333. The zero-order chi connectivity index (χ0) is 15.8. The largest absolute Gasteiger partial charge is 0.481 e. The van der Waals surface area contributed by atoms with Crippen LogP contribution in [0.1, 0.15) is 18.1 Å². The standard InChI is InChI=1S/C15H21N3O2S/c1-5-9-16-15(21)18-17-14(19)12(4)20-13-8-6-7-10(2)11(13)3/h5-8,12H,1,9H2,2-4H3,(H,17,19)(H2,16,18,21). The van der Waals surface area contributed by atoms with E-state index >= 15 is 0 Å². The third kappa shape index (κ3) is 5.43. The van der Waals surface area contributed by atoms with Gasteiger partial charge in [-0.3, -0.25) is 15.6 Å². The molecule has 0 fully saturated rings. The number of hydrazine groups is 1. The first-order valence-corrected chi connectivity index (χ1v) is 7.04. The Balaban J connectivity index is 2.49. The van der Waals surface area contributed by atoms with E-state index in [1.807, 2.05) is 32.0 Å². The zero-order valence-corrected chi connectivity index (χ0v) is 13.3. The molecular formula is C15H21N3O2S. The summed E-state index contributed by atoms with van der Waals surface area (Å²) in [6, 6.07) is 5.74. The van der Waals surface area contributed by atoms with Gasteiger partial charge < -0.3 is 10.1 Å². The van der Waals surface area contributed by atoms with Crippen LogP contribution in [-0.2, 0) is 4.79 Å². The lowest BCUT2D eigenvalue weighted by atomic mass is 10.1. The molecule has 0 aliphatic heterocycles. The molecule has 0 saturated heterocycles. The van der Waals surface area contributed by atoms with Crippen LogP contribution >= 0.6 is 12.2 Å². The molecule has 0 bridgehead atoms. The van der Waals surface area contributed by atoms with Crippen molar-refractivity contribution in [2.75, 3.05) is 6.54 Å². The van der Waals surface area contributed by atoms with Gasteiger partial charge in [0.1, 0.15) is 5.75 Å². The fourth-order valence-corrected chi connectivity index (χ4v) is 1.66. The van der Waals surface area contributed by atoms with E-state index in [1.54, 1.807) is 13.0 Å². The van der Waals surface area contributed by atoms with E-state index in [0.717, 1.165) is 11.1 Å². The molecule has 0 spiro atoms. The Morgan fingerprint density at radius 1 is 1.43 bits per heavy atom. The van der Waals surface area contributed by atoms with Gasteiger partial charge in [0.05, 0.1) is 0 Å². The molecule has 0 aromatic heterocycles. The summed E-state index contributed by atoms with van der Waals surface area (Å²) in [5, 5.41) is 3.16. The topological polar surface area (TPSA) is 62.4 Å². The summed E-state index contributed by atoms with van der Waals surface area (Å²) in [6.45, 7) is 9.72. The van der Waals surface area contributed by atoms with Crippen LogP contribution in [0, 0.1) is 13.8 Å². The second-order valence-electron chi connectivity index (χ2n) is 4.57. The first-order valence-electron chi connectivity index (χ1n) is 6.63. The fourth-order valence-electron chi connectivity index (χ4n) is 1.52. The summed E-state index contributed by atoms with van der Waals surface area (Å²) < 4.78 is 5.67. The molecule has 21 heavy (non-hydrogen) atoms. The van der Waals surface area contributed by atoms with Crippen LogP contribution in [0.15, 0.2) is 30.9 Å². The first-order chi connectivity index (χ1) is 9.95. The summed E-state index contributed by atoms with van der Waals surface area (Å²) >= 11 is 4.97. The van der Waals surface area contributed by atoms with Crippen molar-refractivity contribution in [2.45, 2.75) is 26.9 Å². The second kappa shape index (κ2) is 8.26. The number of carbonyl (C=O) groups excluding carboxylic acids is 1. The number of rotatable bonds is 5. The molecule has 1 aromatic rings. The van der Waals surface area contributed by atoms with Gasteiger partial charge in [0, 0.05) is 6.54 Å². The van der Waals surface area contributed by atoms with Gasteiger partial charge in [-0.2, -0.15) is 0 Å². The van der Waals surface area contributed by atoms with Gasteiger partial charge in [0.2, 0.25) is 0 Å². The predicted octanol–water partition coefficient (Wildman–Crippen LogP) is 1.75. The van der Waals surface area contributed by atoms with Gasteiger partial charge in [-0.25, -0.2) is 0 Å². The lowest BCUT2D eigenvalue weighted by Crippen LogP contribution is -2.50. The lowest BCUT2D eigenvalue weighted by Gasteiger charge is -2.18. The van der Waals surface area contributed by atoms with E-state index in [9.17, 15) is 4.79 Å². The number of thiocarbonyl (C=S) groups is 1. The van der Waals surface area contributed by atoms with Crippen LogP contribution in [0.4, 0.5) is 0 Å². The third-order valence-corrected chi connectivity index (χ3v) is 3.18. The van der Waals surface area contributed by atoms with Crippen LogP contribution < -0.4 is 20.9 Å². The van der Waals surface area contributed by atoms with Gasteiger partial charge in [-0.05, 0) is 50.2 Å². The number of hydrogen-bond acceptors (Lipinski definition) is 3. The van der Waals surface area contributed by atoms with Crippen molar-refractivity contribution >= 4 is 23.2 Å². The molecule has 1 aromatic carbocycles. The Morgan fingerprint density at radius 2 is 2.14 bits per heavy atom. The highest BCUT2D eigenvalue weighted by atomic mass is 32.1. The van der Waals surface area contributed by atoms with Gasteiger partial charge in [-0.1, -0.05) is 18.2 Å². The molecule has 3 N–H and O–H groups in total. The van der Waals surface area contributed by atoms with E-state index < -0.39 is 6.10 Å². The molecule has 0 aliphatic carbocycles. The van der Waals surface area contributed by atoms with E-state index in [0.29, 0.717) is 17.4 Å². The van der Waals surface area contributed by atoms with Crippen molar-refractivity contribution in [3.05, 3.63) is 42.0 Å². The number of ether oxygens (including phenoxy) is 1. The minimum Gasteiger partial charge on any atom is -0.481 e. The van der Waals surface area contributed by atoms with E-state index in [1.165, 1.54) is 0 Å². The molecule has 114 valence electrons. The minimum atomic E-state index is -0.639. The van der Waals surface area contributed by atoms with Gasteiger partial charge in [-0.15, -0.1) is 6.58 Å². The van der Waals surface area contributed by atoms with Crippen LogP contribution in [0.2, 0.25) is 0 Å². The average Bonchev–Trinajstić information content (AvgIpc) is 2.47. The smallest absolute Gasteiger partial charge is 0.279 e. The minimum absolute atomic E-state index is 0.307. The Kier molecular flexibility index (Phi) is 6.68. The molecule has 0 aliphatic rings. The van der Waals surface area contributed by atoms with Crippen LogP contribution in [-0.4, -0.2) is 23.7 Å². The Bertz CT molecular complexity index is 532. The van der Waals surface area contributed by atoms with Gasteiger partial charge in [0.25, 0.3) is 5.91 Å². The molecule has 0 radical (unpaired) electrons. The van der Waals surface area contributed by atoms with Crippen molar-refractivity contribution in [1.82, 2.24) is 16.2 Å². The quantitative estimate of drug-likeness (QED) is 0.439. The predicted molar refractivity (Wildman–Crippen MR) is 88.1 cm³/mol. The van der Waals surface area contributed by atoms with Crippen molar-refractivity contribution in [3.8, 4) is 5.75 Å². The number of benzene rings is 1. The van der Waals surface area contributed by atoms with Crippen molar-refractivity contribution < 1.29 is 9.53 Å². The van der Waals surface area contributed by atoms with Crippen LogP contribution in [0.25, 0.3) is 0 Å². The monoisotopic (exact) mass is 307 g/mol. The molecule has 0 saturated carbocycles. The number of aryl methyl sites for hydroxylation is 1.